The van der Waals surface area contributed by atoms with Crippen LogP contribution in [0.5, 0.6) is 0 Å². The van der Waals surface area contributed by atoms with Crippen molar-refractivity contribution in [3.63, 3.8) is 0 Å². The minimum absolute atomic E-state index is 0.151. The molecule has 5 nitrogen and oxygen atoms in total. The molecule has 22 heavy (non-hydrogen) atoms. The Balaban J connectivity index is 2.43. The van der Waals surface area contributed by atoms with E-state index in [1.807, 2.05) is 44.2 Å². The van der Waals surface area contributed by atoms with Gasteiger partial charge in [-0.2, -0.15) is 0 Å². The zero-order chi connectivity index (χ0) is 16.4. The highest BCUT2D eigenvalue weighted by molar-refractivity contribution is 5.86. The van der Waals surface area contributed by atoms with Crippen LogP contribution in [0.15, 0.2) is 30.3 Å². The summed E-state index contributed by atoms with van der Waals surface area (Å²) >= 11 is 0. The van der Waals surface area contributed by atoms with Gasteiger partial charge in [-0.05, 0) is 37.2 Å². The minimum Gasteiger partial charge on any atom is -0.344 e. The summed E-state index contributed by atoms with van der Waals surface area (Å²) in [5.41, 5.74) is 2.82. The van der Waals surface area contributed by atoms with E-state index in [-0.39, 0.29) is 5.91 Å². The molecule has 5 heteroatoms. The fourth-order valence-electron chi connectivity index (χ4n) is 2.19. The third-order valence-corrected chi connectivity index (χ3v) is 3.51. The number of carbonyl (C=O) groups is 2. The van der Waals surface area contributed by atoms with Crippen LogP contribution in [-0.4, -0.2) is 23.1 Å². The van der Waals surface area contributed by atoms with E-state index >= 15 is 0 Å². The molecule has 0 radical (unpaired) electrons. The quantitative estimate of drug-likeness (QED) is 0.484. The van der Waals surface area contributed by atoms with Gasteiger partial charge in [-0.15, -0.1) is 0 Å². The predicted molar refractivity (Wildman–Crippen MR) is 85.3 cm³/mol. The minimum atomic E-state index is -0.687. The van der Waals surface area contributed by atoms with E-state index < -0.39 is 11.9 Å². The summed E-state index contributed by atoms with van der Waals surface area (Å²) in [6.07, 6.45) is 3.26. The van der Waals surface area contributed by atoms with Crippen LogP contribution in [0.1, 0.15) is 45.1 Å². The molecular formula is C17H26N2O3. The number of nitrogens with one attached hydrogen (secondary N) is 2. The van der Waals surface area contributed by atoms with Crippen LogP contribution in [0, 0.1) is 5.92 Å². The lowest BCUT2D eigenvalue weighted by Crippen LogP contribution is -2.45. The molecule has 0 spiro atoms. The van der Waals surface area contributed by atoms with E-state index in [2.05, 4.69) is 5.32 Å². The molecule has 0 fully saturated rings. The molecule has 0 heterocycles. The molecule has 0 bridgehead atoms. The number of hydroxylamine groups is 1. The van der Waals surface area contributed by atoms with Crippen molar-refractivity contribution in [3.05, 3.63) is 35.9 Å². The van der Waals surface area contributed by atoms with Gasteiger partial charge in [-0.3, -0.25) is 14.8 Å². The Labute approximate surface area is 132 Å². The van der Waals surface area contributed by atoms with Gasteiger partial charge >= 0.3 is 0 Å². The zero-order valence-corrected chi connectivity index (χ0v) is 13.3. The molecular weight excluding hydrogens is 280 g/mol. The summed E-state index contributed by atoms with van der Waals surface area (Å²) in [7, 11) is 0. The lowest BCUT2D eigenvalue weighted by Gasteiger charge is -2.17. The topological polar surface area (TPSA) is 78.4 Å². The maximum absolute atomic E-state index is 11.8. The number of hydrogen-bond donors (Lipinski definition) is 3. The molecule has 0 saturated carbocycles. The summed E-state index contributed by atoms with van der Waals surface area (Å²) in [6.45, 7) is 4.09. The zero-order valence-electron chi connectivity index (χ0n) is 13.3. The van der Waals surface area contributed by atoms with Gasteiger partial charge in [0.25, 0.3) is 5.91 Å². The van der Waals surface area contributed by atoms with Gasteiger partial charge in [0.2, 0.25) is 5.91 Å². The molecule has 0 aliphatic carbocycles. The van der Waals surface area contributed by atoms with E-state index in [4.69, 9.17) is 5.21 Å². The van der Waals surface area contributed by atoms with Crippen molar-refractivity contribution in [2.45, 2.75) is 52.0 Å². The van der Waals surface area contributed by atoms with Crippen LogP contribution in [0.25, 0.3) is 0 Å². The van der Waals surface area contributed by atoms with Crippen molar-refractivity contribution in [1.29, 1.82) is 0 Å². The molecule has 0 aliphatic heterocycles. The molecule has 0 aliphatic rings. The third kappa shape index (κ3) is 7.22. The Bertz CT molecular complexity index is 460. The largest absolute Gasteiger partial charge is 0.344 e. The first-order valence-corrected chi connectivity index (χ1v) is 7.80. The van der Waals surface area contributed by atoms with E-state index in [0.29, 0.717) is 18.8 Å². The second kappa shape index (κ2) is 9.95. The highest BCUT2D eigenvalue weighted by Gasteiger charge is 2.19. The summed E-state index contributed by atoms with van der Waals surface area (Å²) < 4.78 is 0. The Hall–Kier alpha value is -1.88. The van der Waals surface area contributed by atoms with Gasteiger partial charge in [-0.1, -0.05) is 44.2 Å². The summed E-state index contributed by atoms with van der Waals surface area (Å²) in [5.74, 6) is -0.276. The van der Waals surface area contributed by atoms with Crippen LogP contribution >= 0.6 is 0 Å². The second-order valence-electron chi connectivity index (χ2n) is 5.91. The lowest BCUT2D eigenvalue weighted by molar-refractivity contribution is -0.135. The molecule has 3 N–H and O–H groups in total. The Kier molecular flexibility index (Phi) is 8.22. The number of aryl methyl sites for hydroxylation is 1. The Morgan fingerprint density at radius 1 is 1.14 bits per heavy atom. The van der Waals surface area contributed by atoms with Crippen molar-refractivity contribution in [1.82, 2.24) is 10.8 Å². The number of rotatable bonds is 9. The predicted octanol–water partition coefficient (Wildman–Crippen LogP) is 2.44. The first kappa shape index (κ1) is 18.2. The van der Waals surface area contributed by atoms with Gasteiger partial charge in [0.1, 0.15) is 6.04 Å². The first-order valence-electron chi connectivity index (χ1n) is 7.80. The smallest absolute Gasteiger partial charge is 0.265 e. The van der Waals surface area contributed by atoms with Gasteiger partial charge in [-0.25, -0.2) is 5.48 Å². The number of benzene rings is 1. The maximum atomic E-state index is 11.8. The monoisotopic (exact) mass is 306 g/mol. The molecule has 0 unspecified atom stereocenters. The summed E-state index contributed by atoms with van der Waals surface area (Å²) in [4.78, 5) is 23.5. The molecule has 2 amide bonds. The van der Waals surface area contributed by atoms with Gasteiger partial charge in [0.15, 0.2) is 0 Å². The van der Waals surface area contributed by atoms with Gasteiger partial charge < -0.3 is 5.32 Å². The van der Waals surface area contributed by atoms with E-state index in [1.165, 1.54) is 5.56 Å². The van der Waals surface area contributed by atoms with Crippen molar-refractivity contribution in [3.8, 4) is 0 Å². The highest BCUT2D eigenvalue weighted by Crippen LogP contribution is 2.08. The standard InChI is InChI=1S/C17H26N2O3/c1-13(2)11-12-16(20)18-15(17(21)19-22)10-6-9-14-7-4-3-5-8-14/h3-5,7-8,13,15,22H,6,9-12H2,1-2H3,(H,18,20)(H,19,21)/t15-/m0/s1. The Morgan fingerprint density at radius 2 is 1.82 bits per heavy atom. The lowest BCUT2D eigenvalue weighted by atomic mass is 10.0. The number of amides is 2. The number of hydrogen-bond acceptors (Lipinski definition) is 3. The SMILES string of the molecule is CC(C)CCC(=O)N[C@@H](CCCc1ccccc1)C(=O)NO. The van der Waals surface area contributed by atoms with Crippen molar-refractivity contribution in [2.75, 3.05) is 0 Å². The van der Waals surface area contributed by atoms with E-state index in [0.717, 1.165) is 19.3 Å². The Morgan fingerprint density at radius 3 is 2.41 bits per heavy atom. The summed E-state index contributed by atoms with van der Waals surface area (Å²) in [5, 5.41) is 11.5. The average molecular weight is 306 g/mol. The fraction of sp³-hybridized carbons (Fsp3) is 0.529. The third-order valence-electron chi connectivity index (χ3n) is 3.51. The highest BCUT2D eigenvalue weighted by atomic mass is 16.5. The average Bonchev–Trinajstić information content (AvgIpc) is 2.52. The van der Waals surface area contributed by atoms with Crippen LogP contribution in [0.3, 0.4) is 0 Å². The molecule has 122 valence electrons. The first-order chi connectivity index (χ1) is 10.5. The molecule has 1 atom stereocenters. The van der Waals surface area contributed by atoms with Crippen LogP contribution in [-0.2, 0) is 16.0 Å². The van der Waals surface area contributed by atoms with Gasteiger partial charge in [0, 0.05) is 6.42 Å². The second-order valence-corrected chi connectivity index (χ2v) is 5.91. The van der Waals surface area contributed by atoms with Gasteiger partial charge in [0.05, 0.1) is 0 Å². The number of carbonyl (C=O) groups excluding carboxylic acids is 2. The fourth-order valence-corrected chi connectivity index (χ4v) is 2.19. The normalized spacial score (nSPS) is 12.0. The molecule has 1 rings (SSSR count). The maximum Gasteiger partial charge on any atom is 0.265 e. The van der Waals surface area contributed by atoms with E-state index in [1.54, 1.807) is 5.48 Å². The van der Waals surface area contributed by atoms with Crippen molar-refractivity contribution < 1.29 is 14.8 Å². The van der Waals surface area contributed by atoms with Crippen LogP contribution < -0.4 is 10.8 Å². The molecule has 1 aromatic carbocycles. The van der Waals surface area contributed by atoms with Crippen LogP contribution in [0.2, 0.25) is 0 Å². The van der Waals surface area contributed by atoms with Crippen LogP contribution in [0.4, 0.5) is 0 Å². The summed E-state index contributed by atoms with van der Waals surface area (Å²) in [6, 6.07) is 9.28. The molecule has 0 aromatic heterocycles. The van der Waals surface area contributed by atoms with E-state index in [9.17, 15) is 9.59 Å². The molecule has 0 saturated heterocycles. The molecule has 1 aromatic rings. The van der Waals surface area contributed by atoms with Crippen molar-refractivity contribution >= 4 is 11.8 Å². The van der Waals surface area contributed by atoms with Crippen molar-refractivity contribution in [2.24, 2.45) is 5.92 Å².